The van der Waals surface area contributed by atoms with Crippen LogP contribution in [0.3, 0.4) is 0 Å². The molecule has 0 aliphatic heterocycles. The van der Waals surface area contributed by atoms with Crippen LogP contribution in [0.25, 0.3) is 0 Å². The number of rotatable bonds is 5. The molecule has 21 heavy (non-hydrogen) atoms. The molecule has 3 rings (SSSR count). The van der Waals surface area contributed by atoms with E-state index in [-0.39, 0.29) is 6.04 Å². The summed E-state index contributed by atoms with van der Waals surface area (Å²) in [6.45, 7) is 2.17. The number of thioether (sulfide) groups is 1. The number of halogens is 1. The van der Waals surface area contributed by atoms with Gasteiger partial charge in [-0.3, -0.25) is 0 Å². The van der Waals surface area contributed by atoms with Crippen molar-refractivity contribution in [2.45, 2.75) is 48.8 Å². The van der Waals surface area contributed by atoms with Gasteiger partial charge in [0.2, 0.25) is 0 Å². The van der Waals surface area contributed by atoms with Gasteiger partial charge in [0.15, 0.2) is 0 Å². The number of nitrogens with two attached hydrogens (primary N) is 1. The zero-order chi connectivity index (χ0) is 14.8. The van der Waals surface area contributed by atoms with Gasteiger partial charge >= 0.3 is 0 Å². The fourth-order valence-electron chi connectivity index (χ4n) is 2.82. The van der Waals surface area contributed by atoms with E-state index in [1.54, 1.807) is 11.3 Å². The van der Waals surface area contributed by atoms with Gasteiger partial charge in [-0.2, -0.15) is 0 Å². The van der Waals surface area contributed by atoms with E-state index in [9.17, 15) is 0 Å². The monoisotopic (exact) mass is 381 g/mol. The van der Waals surface area contributed by atoms with Crippen molar-refractivity contribution in [1.82, 2.24) is 0 Å². The first-order valence-corrected chi connectivity index (χ1v) is 10.0. The summed E-state index contributed by atoms with van der Waals surface area (Å²) in [4.78, 5) is 2.72. The van der Waals surface area contributed by atoms with Gasteiger partial charge in [0.05, 0.1) is 5.25 Å². The molecule has 2 N–H and O–H groups in total. The van der Waals surface area contributed by atoms with Crippen LogP contribution in [0.5, 0.6) is 0 Å². The van der Waals surface area contributed by atoms with Crippen molar-refractivity contribution in [1.29, 1.82) is 0 Å². The Morgan fingerprint density at radius 1 is 1.29 bits per heavy atom. The first-order valence-electron chi connectivity index (χ1n) is 7.45. The van der Waals surface area contributed by atoms with E-state index < -0.39 is 0 Å². The Labute approximate surface area is 143 Å². The summed E-state index contributed by atoms with van der Waals surface area (Å²) in [5.74, 6) is 0. The average Bonchev–Trinajstić information content (AvgIpc) is 3.12. The highest BCUT2D eigenvalue weighted by Gasteiger charge is 2.22. The second-order valence-electron chi connectivity index (χ2n) is 5.56. The molecule has 2 unspecified atom stereocenters. The Morgan fingerprint density at radius 3 is 2.81 bits per heavy atom. The molecule has 112 valence electrons. The van der Waals surface area contributed by atoms with Crippen molar-refractivity contribution in [2.75, 3.05) is 0 Å². The number of fused-ring (bicyclic) bond motifs is 1. The van der Waals surface area contributed by atoms with E-state index in [0.29, 0.717) is 5.25 Å². The van der Waals surface area contributed by atoms with Crippen molar-refractivity contribution in [3.63, 3.8) is 0 Å². The van der Waals surface area contributed by atoms with E-state index in [0.717, 1.165) is 10.9 Å². The Kier molecular flexibility index (Phi) is 5.10. The molecule has 4 heteroatoms. The van der Waals surface area contributed by atoms with Gasteiger partial charge in [-0.25, -0.2) is 0 Å². The first kappa shape index (κ1) is 15.6. The molecule has 0 amide bonds. The SMILES string of the molecule is CCC(N)C(Sc1ccc2c(c1)CCC2)c1cc(Br)cs1. The van der Waals surface area contributed by atoms with Gasteiger partial charge < -0.3 is 5.73 Å². The Morgan fingerprint density at radius 2 is 2.10 bits per heavy atom. The van der Waals surface area contributed by atoms with Crippen molar-refractivity contribution in [2.24, 2.45) is 5.73 Å². The third kappa shape index (κ3) is 3.55. The number of aryl methyl sites for hydroxylation is 2. The van der Waals surface area contributed by atoms with E-state index in [1.807, 2.05) is 11.8 Å². The standard InChI is InChI=1S/C17H20BrNS2/c1-2-15(19)17(16-9-13(18)10-20-16)21-14-7-6-11-4-3-5-12(11)8-14/h6-10,15,17H,2-5,19H2,1H3. The topological polar surface area (TPSA) is 26.0 Å². The molecule has 2 aromatic rings. The Balaban J connectivity index is 1.84. The molecule has 1 aromatic carbocycles. The molecule has 2 atom stereocenters. The third-order valence-corrected chi connectivity index (χ3v) is 7.37. The summed E-state index contributed by atoms with van der Waals surface area (Å²) in [5.41, 5.74) is 9.46. The zero-order valence-corrected chi connectivity index (χ0v) is 15.4. The molecule has 1 aliphatic rings. The molecule has 0 spiro atoms. The van der Waals surface area contributed by atoms with Crippen LogP contribution < -0.4 is 5.73 Å². The number of hydrogen-bond donors (Lipinski definition) is 1. The quantitative estimate of drug-likeness (QED) is 0.684. The maximum atomic E-state index is 6.39. The van der Waals surface area contributed by atoms with Crippen molar-refractivity contribution >= 4 is 39.0 Å². The highest BCUT2D eigenvalue weighted by molar-refractivity contribution is 9.10. The molecule has 1 heterocycles. The largest absolute Gasteiger partial charge is 0.326 e. The fourth-order valence-corrected chi connectivity index (χ4v) is 5.83. The second kappa shape index (κ2) is 6.86. The lowest BCUT2D eigenvalue weighted by Gasteiger charge is -2.21. The third-order valence-electron chi connectivity index (χ3n) is 4.06. The molecule has 1 aromatic heterocycles. The Bertz CT molecular complexity index is 623. The van der Waals surface area contributed by atoms with Gasteiger partial charge in [-0.15, -0.1) is 23.1 Å². The van der Waals surface area contributed by atoms with Crippen LogP contribution in [0.1, 0.15) is 41.0 Å². The molecule has 1 aliphatic carbocycles. The van der Waals surface area contributed by atoms with Gasteiger partial charge in [0, 0.05) is 25.7 Å². The molecule has 1 nitrogen and oxygen atoms in total. The molecule has 0 bridgehead atoms. The van der Waals surface area contributed by atoms with E-state index in [2.05, 4.69) is 52.5 Å². The van der Waals surface area contributed by atoms with Crippen molar-refractivity contribution in [3.8, 4) is 0 Å². The predicted molar refractivity (Wildman–Crippen MR) is 97.4 cm³/mol. The highest BCUT2D eigenvalue weighted by atomic mass is 79.9. The van der Waals surface area contributed by atoms with Gasteiger partial charge in [-0.05, 0) is 70.9 Å². The van der Waals surface area contributed by atoms with Gasteiger partial charge in [-0.1, -0.05) is 13.0 Å². The number of hydrogen-bond acceptors (Lipinski definition) is 3. The summed E-state index contributed by atoms with van der Waals surface area (Å²) < 4.78 is 1.16. The van der Waals surface area contributed by atoms with E-state index in [1.165, 1.54) is 40.2 Å². The van der Waals surface area contributed by atoms with Crippen LogP contribution in [0, 0.1) is 0 Å². The first-order chi connectivity index (χ1) is 10.2. The predicted octanol–water partition coefficient (Wildman–Crippen LogP) is 5.57. The minimum absolute atomic E-state index is 0.189. The van der Waals surface area contributed by atoms with Crippen molar-refractivity contribution in [3.05, 3.63) is 50.1 Å². The van der Waals surface area contributed by atoms with Crippen LogP contribution in [-0.4, -0.2) is 6.04 Å². The molecule has 0 saturated carbocycles. The van der Waals surface area contributed by atoms with Crippen LogP contribution in [0.4, 0.5) is 0 Å². The minimum Gasteiger partial charge on any atom is -0.326 e. The molecular formula is C17H20BrNS2. The normalized spacial score (nSPS) is 16.7. The Hall–Kier alpha value is -0.290. The molecule has 0 fully saturated rings. The number of benzene rings is 1. The highest BCUT2D eigenvalue weighted by Crippen LogP contribution is 2.42. The van der Waals surface area contributed by atoms with E-state index in [4.69, 9.17) is 5.73 Å². The number of thiophene rings is 1. The summed E-state index contributed by atoms with van der Waals surface area (Å²) in [6, 6.07) is 9.36. The minimum atomic E-state index is 0.189. The van der Waals surface area contributed by atoms with E-state index >= 15 is 0 Å². The lowest BCUT2D eigenvalue weighted by Crippen LogP contribution is -2.25. The smallest absolute Gasteiger partial charge is 0.0589 e. The molecule has 0 radical (unpaired) electrons. The van der Waals surface area contributed by atoms with Gasteiger partial charge in [0.25, 0.3) is 0 Å². The van der Waals surface area contributed by atoms with Crippen LogP contribution in [-0.2, 0) is 12.8 Å². The molecule has 0 saturated heterocycles. The summed E-state index contributed by atoms with van der Waals surface area (Å²) in [7, 11) is 0. The lowest BCUT2D eigenvalue weighted by atomic mass is 10.1. The summed E-state index contributed by atoms with van der Waals surface area (Å²) in [6.07, 6.45) is 4.78. The lowest BCUT2D eigenvalue weighted by molar-refractivity contribution is 0.640. The fraction of sp³-hybridized carbons (Fsp3) is 0.412. The van der Waals surface area contributed by atoms with Crippen LogP contribution >= 0.6 is 39.0 Å². The maximum absolute atomic E-state index is 6.39. The van der Waals surface area contributed by atoms with Gasteiger partial charge in [0.1, 0.15) is 0 Å². The average molecular weight is 382 g/mol. The summed E-state index contributed by atoms with van der Waals surface area (Å²) in [5, 5.41) is 2.49. The van der Waals surface area contributed by atoms with Crippen LogP contribution in [0.2, 0.25) is 0 Å². The maximum Gasteiger partial charge on any atom is 0.0589 e. The molecular weight excluding hydrogens is 362 g/mol. The van der Waals surface area contributed by atoms with Crippen molar-refractivity contribution < 1.29 is 0 Å². The van der Waals surface area contributed by atoms with Crippen LogP contribution in [0.15, 0.2) is 39.0 Å². The summed E-state index contributed by atoms with van der Waals surface area (Å²) >= 11 is 7.27. The zero-order valence-electron chi connectivity index (χ0n) is 12.1. The second-order valence-corrected chi connectivity index (χ2v) is 8.64.